The van der Waals surface area contributed by atoms with Gasteiger partial charge in [-0.3, -0.25) is 4.79 Å². The van der Waals surface area contributed by atoms with Crippen molar-refractivity contribution in [3.05, 3.63) is 41.3 Å². The molecule has 1 aromatic carbocycles. The molecule has 1 heterocycles. The van der Waals surface area contributed by atoms with Gasteiger partial charge in [0.2, 0.25) is 0 Å². The molecule has 4 heteroatoms. The van der Waals surface area contributed by atoms with Gasteiger partial charge < -0.3 is 10.1 Å². The summed E-state index contributed by atoms with van der Waals surface area (Å²) in [4.78, 5) is 17.8. The summed E-state index contributed by atoms with van der Waals surface area (Å²) in [6.45, 7) is 4.03. The van der Waals surface area contributed by atoms with Crippen molar-refractivity contribution in [3.63, 3.8) is 0 Å². The van der Waals surface area contributed by atoms with Crippen LogP contribution >= 0.6 is 0 Å². The molecule has 0 bridgehead atoms. The fraction of sp³-hybridized carbons (Fsp3) is 0.231. The van der Waals surface area contributed by atoms with Gasteiger partial charge in [0.15, 0.2) is 0 Å². The first-order chi connectivity index (χ1) is 8.08. The van der Waals surface area contributed by atoms with Gasteiger partial charge >= 0.3 is 5.97 Å². The van der Waals surface area contributed by atoms with E-state index in [1.165, 1.54) is 11.9 Å². The summed E-state index contributed by atoms with van der Waals surface area (Å²) in [7, 11) is 0. The summed E-state index contributed by atoms with van der Waals surface area (Å²) < 4.78 is 0. The van der Waals surface area contributed by atoms with E-state index in [1.54, 1.807) is 0 Å². The second kappa shape index (κ2) is 4.41. The second-order valence-corrected chi connectivity index (χ2v) is 4.12. The molecule has 0 unspecified atom stereocenters. The minimum atomic E-state index is -0.861. The summed E-state index contributed by atoms with van der Waals surface area (Å²) in [5.74, 6) is -0.861. The lowest BCUT2D eigenvalue weighted by molar-refractivity contribution is -0.136. The molecular weight excluding hydrogens is 216 g/mol. The van der Waals surface area contributed by atoms with Gasteiger partial charge in [-0.05, 0) is 19.4 Å². The van der Waals surface area contributed by atoms with Crippen molar-refractivity contribution < 1.29 is 9.90 Å². The number of benzene rings is 1. The van der Waals surface area contributed by atoms with E-state index in [9.17, 15) is 4.79 Å². The third-order valence-corrected chi connectivity index (χ3v) is 2.68. The van der Waals surface area contributed by atoms with Gasteiger partial charge in [-0.15, -0.1) is 0 Å². The van der Waals surface area contributed by atoms with E-state index < -0.39 is 5.97 Å². The van der Waals surface area contributed by atoms with Crippen molar-refractivity contribution in [1.82, 2.24) is 9.97 Å². The van der Waals surface area contributed by atoms with Gasteiger partial charge in [0.1, 0.15) is 0 Å². The summed E-state index contributed by atoms with van der Waals surface area (Å²) >= 11 is 0. The lowest BCUT2D eigenvalue weighted by Gasteiger charge is -2.06. The highest BCUT2D eigenvalue weighted by molar-refractivity contribution is 5.75. The highest BCUT2D eigenvalue weighted by Crippen LogP contribution is 2.25. The molecule has 0 fully saturated rings. The smallest absolute Gasteiger partial charge is 0.309 e. The number of nitrogens with zero attached hydrogens (tertiary/aromatic N) is 1. The maximum atomic E-state index is 10.7. The first-order valence-corrected chi connectivity index (χ1v) is 5.39. The van der Waals surface area contributed by atoms with Crippen LogP contribution < -0.4 is 0 Å². The van der Waals surface area contributed by atoms with Crippen LogP contribution in [-0.4, -0.2) is 21.0 Å². The minimum absolute atomic E-state index is 0.0390. The SMILES string of the molecule is Cc1ccc(-c2nc[nH]c2CC(=O)O)c(C)c1. The Kier molecular flexibility index (Phi) is 2.95. The van der Waals surface area contributed by atoms with Gasteiger partial charge in [0, 0.05) is 5.56 Å². The third kappa shape index (κ3) is 2.36. The number of aromatic nitrogens is 2. The number of carboxylic acid groups (broad SMARTS) is 1. The van der Waals surface area contributed by atoms with Crippen LogP contribution in [0.3, 0.4) is 0 Å². The zero-order chi connectivity index (χ0) is 12.4. The first-order valence-electron chi connectivity index (χ1n) is 5.39. The largest absolute Gasteiger partial charge is 0.481 e. The lowest BCUT2D eigenvalue weighted by atomic mass is 10.0. The van der Waals surface area contributed by atoms with E-state index in [1.807, 2.05) is 26.0 Å². The first kappa shape index (κ1) is 11.4. The van der Waals surface area contributed by atoms with E-state index in [-0.39, 0.29) is 6.42 Å². The van der Waals surface area contributed by atoms with Crippen LogP contribution in [0, 0.1) is 13.8 Å². The number of H-pyrrole nitrogens is 1. The van der Waals surface area contributed by atoms with Crippen molar-refractivity contribution in [2.24, 2.45) is 0 Å². The number of aliphatic carboxylic acids is 1. The second-order valence-electron chi connectivity index (χ2n) is 4.12. The number of carboxylic acids is 1. The molecule has 0 aliphatic carbocycles. The monoisotopic (exact) mass is 230 g/mol. The summed E-state index contributed by atoms with van der Waals surface area (Å²) in [6, 6.07) is 6.04. The summed E-state index contributed by atoms with van der Waals surface area (Å²) in [5.41, 5.74) is 4.63. The van der Waals surface area contributed by atoms with Crippen LogP contribution in [0.25, 0.3) is 11.3 Å². The topological polar surface area (TPSA) is 66.0 Å². The van der Waals surface area contributed by atoms with Crippen LogP contribution in [0.1, 0.15) is 16.8 Å². The Hall–Kier alpha value is -2.10. The molecular formula is C13H14N2O2. The Bertz CT molecular complexity index is 558. The number of rotatable bonds is 3. The number of nitrogens with one attached hydrogen (secondary N) is 1. The molecule has 17 heavy (non-hydrogen) atoms. The van der Waals surface area contributed by atoms with Crippen molar-refractivity contribution in [2.45, 2.75) is 20.3 Å². The van der Waals surface area contributed by atoms with E-state index in [4.69, 9.17) is 5.11 Å². The Morgan fingerprint density at radius 3 is 2.82 bits per heavy atom. The van der Waals surface area contributed by atoms with E-state index in [0.717, 1.165) is 16.8 Å². The van der Waals surface area contributed by atoms with Gasteiger partial charge in [0.05, 0.1) is 24.1 Å². The molecule has 0 atom stereocenters. The molecule has 0 spiro atoms. The van der Waals surface area contributed by atoms with Crippen molar-refractivity contribution in [3.8, 4) is 11.3 Å². The predicted molar refractivity (Wildman–Crippen MR) is 64.8 cm³/mol. The highest BCUT2D eigenvalue weighted by atomic mass is 16.4. The van der Waals surface area contributed by atoms with Gasteiger partial charge in [0.25, 0.3) is 0 Å². The number of imidazole rings is 1. The number of aryl methyl sites for hydroxylation is 2. The fourth-order valence-electron chi connectivity index (χ4n) is 1.92. The normalized spacial score (nSPS) is 10.5. The van der Waals surface area contributed by atoms with Crippen molar-refractivity contribution in [2.75, 3.05) is 0 Å². The Morgan fingerprint density at radius 2 is 2.18 bits per heavy atom. The molecule has 0 amide bonds. The third-order valence-electron chi connectivity index (χ3n) is 2.68. The molecule has 0 aliphatic heterocycles. The molecule has 0 saturated carbocycles. The zero-order valence-corrected chi connectivity index (χ0v) is 9.82. The molecule has 0 radical (unpaired) electrons. The predicted octanol–water partition coefficient (Wildman–Crippen LogP) is 2.32. The molecule has 2 rings (SSSR count). The number of hydrogen-bond acceptors (Lipinski definition) is 2. The highest BCUT2D eigenvalue weighted by Gasteiger charge is 2.13. The van der Waals surface area contributed by atoms with Gasteiger partial charge in [-0.1, -0.05) is 23.8 Å². The van der Waals surface area contributed by atoms with Gasteiger partial charge in [-0.2, -0.15) is 0 Å². The molecule has 0 saturated heterocycles. The standard InChI is InChI=1S/C13H14N2O2/c1-8-3-4-10(9(2)5-8)13-11(6-12(16)17)14-7-15-13/h3-5,7H,6H2,1-2H3,(H,14,15)(H,16,17). The minimum Gasteiger partial charge on any atom is -0.481 e. The van der Waals surface area contributed by atoms with Crippen LogP contribution in [0.4, 0.5) is 0 Å². The molecule has 2 aromatic rings. The Morgan fingerprint density at radius 1 is 1.41 bits per heavy atom. The Labute approximate surface area is 99.3 Å². The molecule has 0 aliphatic rings. The van der Waals surface area contributed by atoms with Crippen LogP contribution in [0.5, 0.6) is 0 Å². The number of hydrogen-bond donors (Lipinski definition) is 2. The maximum Gasteiger partial charge on any atom is 0.309 e. The molecule has 4 nitrogen and oxygen atoms in total. The number of aromatic amines is 1. The van der Waals surface area contributed by atoms with E-state index in [0.29, 0.717) is 5.69 Å². The van der Waals surface area contributed by atoms with Crippen molar-refractivity contribution in [1.29, 1.82) is 0 Å². The Balaban J connectivity index is 2.46. The average molecular weight is 230 g/mol. The molecule has 1 aromatic heterocycles. The summed E-state index contributed by atoms with van der Waals surface area (Å²) in [6.07, 6.45) is 1.50. The van der Waals surface area contributed by atoms with Crippen LogP contribution in [0.15, 0.2) is 24.5 Å². The zero-order valence-electron chi connectivity index (χ0n) is 9.82. The number of carbonyl (C=O) groups is 1. The van der Waals surface area contributed by atoms with Crippen molar-refractivity contribution >= 4 is 5.97 Å². The van der Waals surface area contributed by atoms with E-state index >= 15 is 0 Å². The lowest BCUT2D eigenvalue weighted by Crippen LogP contribution is -2.02. The quantitative estimate of drug-likeness (QED) is 0.850. The average Bonchev–Trinajstić information content (AvgIpc) is 2.65. The van der Waals surface area contributed by atoms with E-state index in [2.05, 4.69) is 16.0 Å². The fourth-order valence-corrected chi connectivity index (χ4v) is 1.92. The molecule has 88 valence electrons. The summed E-state index contributed by atoms with van der Waals surface area (Å²) in [5, 5.41) is 8.82. The van der Waals surface area contributed by atoms with Gasteiger partial charge in [-0.25, -0.2) is 4.98 Å². The maximum absolute atomic E-state index is 10.7. The van der Waals surface area contributed by atoms with Crippen LogP contribution in [-0.2, 0) is 11.2 Å². The molecule has 2 N–H and O–H groups in total. The van der Waals surface area contributed by atoms with Crippen LogP contribution in [0.2, 0.25) is 0 Å².